The Bertz CT molecular complexity index is 666. The summed E-state index contributed by atoms with van der Waals surface area (Å²) in [6, 6.07) is 9.72. The van der Waals surface area contributed by atoms with Gasteiger partial charge in [-0.25, -0.2) is 4.98 Å². The number of aromatic nitrogens is 2. The van der Waals surface area contributed by atoms with Crippen molar-refractivity contribution in [3.05, 3.63) is 47.3 Å². The molecule has 0 bridgehead atoms. The highest BCUT2D eigenvalue weighted by atomic mass is 16.5. The minimum atomic E-state index is -0.0474. The summed E-state index contributed by atoms with van der Waals surface area (Å²) >= 11 is 0. The number of hydrogen-bond donors (Lipinski definition) is 0. The predicted molar refractivity (Wildman–Crippen MR) is 76.7 cm³/mol. The van der Waals surface area contributed by atoms with Gasteiger partial charge < -0.3 is 4.74 Å². The Balaban J connectivity index is 2.41. The van der Waals surface area contributed by atoms with Gasteiger partial charge in [-0.15, -0.1) is 0 Å². The fraction of sp³-hybridized carbons (Fsp3) is 0.312. The molecule has 0 saturated heterocycles. The zero-order chi connectivity index (χ0) is 14.8. The molecule has 0 atom stereocenters. The Hall–Kier alpha value is -2.41. The van der Waals surface area contributed by atoms with Gasteiger partial charge >= 0.3 is 6.01 Å². The van der Waals surface area contributed by atoms with E-state index >= 15 is 0 Å². The molecule has 0 unspecified atom stereocenters. The second-order valence-electron chi connectivity index (χ2n) is 5.69. The third kappa shape index (κ3) is 3.12. The number of nitriles is 1. The smallest absolute Gasteiger partial charge is 0.323 e. The standard InChI is InChI=1S/C16H17N3O/c1-11-5-6-14(13(9-11)16(2,3)4)20-15-18-8-7-12(10-17)19-15/h5-9H,1-4H3. The molecule has 0 radical (unpaired) electrons. The van der Waals surface area contributed by atoms with Crippen LogP contribution in [0.1, 0.15) is 37.6 Å². The summed E-state index contributed by atoms with van der Waals surface area (Å²) in [5.41, 5.74) is 2.51. The Kier molecular flexibility index (Phi) is 3.71. The van der Waals surface area contributed by atoms with Crippen LogP contribution in [0.25, 0.3) is 0 Å². The molecule has 0 aliphatic heterocycles. The highest BCUT2D eigenvalue weighted by Crippen LogP contribution is 2.33. The van der Waals surface area contributed by atoms with Crippen LogP contribution < -0.4 is 4.74 Å². The van der Waals surface area contributed by atoms with Crippen molar-refractivity contribution >= 4 is 0 Å². The molecule has 0 spiro atoms. The maximum absolute atomic E-state index is 8.85. The van der Waals surface area contributed by atoms with Gasteiger partial charge in [0.2, 0.25) is 0 Å². The van der Waals surface area contributed by atoms with E-state index in [0.29, 0.717) is 5.69 Å². The van der Waals surface area contributed by atoms with E-state index in [0.717, 1.165) is 11.3 Å². The van der Waals surface area contributed by atoms with Crippen LogP contribution in [0.5, 0.6) is 11.8 Å². The number of hydrogen-bond acceptors (Lipinski definition) is 4. The minimum Gasteiger partial charge on any atom is -0.424 e. The molecule has 4 heteroatoms. The lowest BCUT2D eigenvalue weighted by Crippen LogP contribution is -2.13. The lowest BCUT2D eigenvalue weighted by molar-refractivity contribution is 0.422. The van der Waals surface area contributed by atoms with Gasteiger partial charge in [-0.2, -0.15) is 10.2 Å². The maximum atomic E-state index is 8.85. The molecule has 102 valence electrons. The van der Waals surface area contributed by atoms with Gasteiger partial charge in [-0.3, -0.25) is 0 Å². The summed E-state index contributed by atoms with van der Waals surface area (Å²) < 4.78 is 5.76. The molecule has 0 aliphatic rings. The first-order valence-corrected chi connectivity index (χ1v) is 6.42. The van der Waals surface area contributed by atoms with E-state index in [1.54, 1.807) is 6.07 Å². The zero-order valence-corrected chi connectivity index (χ0v) is 12.1. The topological polar surface area (TPSA) is 58.8 Å². The molecule has 4 nitrogen and oxygen atoms in total. The van der Waals surface area contributed by atoms with Gasteiger partial charge in [0.25, 0.3) is 0 Å². The molecule has 0 aliphatic carbocycles. The van der Waals surface area contributed by atoms with E-state index in [1.807, 2.05) is 25.1 Å². The Labute approximate surface area is 119 Å². The van der Waals surface area contributed by atoms with Crippen LogP contribution in [-0.4, -0.2) is 9.97 Å². The van der Waals surface area contributed by atoms with E-state index in [-0.39, 0.29) is 11.4 Å². The predicted octanol–water partition coefficient (Wildman–Crippen LogP) is 3.75. The van der Waals surface area contributed by atoms with Crippen LogP contribution in [0.4, 0.5) is 0 Å². The van der Waals surface area contributed by atoms with Gasteiger partial charge in [0, 0.05) is 11.8 Å². The lowest BCUT2D eigenvalue weighted by atomic mass is 9.85. The molecule has 0 saturated carbocycles. The van der Waals surface area contributed by atoms with E-state index in [2.05, 4.69) is 36.8 Å². The van der Waals surface area contributed by atoms with Crippen LogP contribution in [-0.2, 0) is 5.41 Å². The normalized spacial score (nSPS) is 10.9. The number of aryl methyl sites for hydroxylation is 1. The number of nitrogens with zero attached hydrogens (tertiary/aromatic N) is 3. The first-order valence-electron chi connectivity index (χ1n) is 6.42. The molecule has 20 heavy (non-hydrogen) atoms. The van der Waals surface area contributed by atoms with Crippen molar-refractivity contribution in [2.24, 2.45) is 0 Å². The van der Waals surface area contributed by atoms with Crippen LogP contribution >= 0.6 is 0 Å². The van der Waals surface area contributed by atoms with Crippen molar-refractivity contribution in [1.29, 1.82) is 5.26 Å². The molecule has 0 N–H and O–H groups in total. The third-order valence-electron chi connectivity index (χ3n) is 2.89. The molecular formula is C16H17N3O. The fourth-order valence-corrected chi connectivity index (χ4v) is 1.87. The third-order valence-corrected chi connectivity index (χ3v) is 2.89. The average Bonchev–Trinajstić information content (AvgIpc) is 2.40. The van der Waals surface area contributed by atoms with Gasteiger partial charge in [-0.05, 0) is 24.5 Å². The maximum Gasteiger partial charge on any atom is 0.323 e. The average molecular weight is 267 g/mol. The quantitative estimate of drug-likeness (QED) is 0.831. The van der Waals surface area contributed by atoms with E-state index in [9.17, 15) is 0 Å². The number of benzene rings is 1. The zero-order valence-electron chi connectivity index (χ0n) is 12.1. The molecule has 1 heterocycles. The molecular weight excluding hydrogens is 250 g/mol. The Morgan fingerprint density at radius 3 is 2.60 bits per heavy atom. The second-order valence-corrected chi connectivity index (χ2v) is 5.69. The van der Waals surface area contributed by atoms with Crippen molar-refractivity contribution in [2.75, 3.05) is 0 Å². The summed E-state index contributed by atoms with van der Waals surface area (Å²) in [5, 5.41) is 8.85. The molecule has 1 aromatic heterocycles. The van der Waals surface area contributed by atoms with Crippen LogP contribution in [0.2, 0.25) is 0 Å². The molecule has 2 rings (SSSR count). The number of ether oxygens (including phenoxy) is 1. The van der Waals surface area contributed by atoms with E-state index < -0.39 is 0 Å². The Morgan fingerprint density at radius 1 is 1.20 bits per heavy atom. The summed E-state index contributed by atoms with van der Waals surface area (Å²) in [5.74, 6) is 0.721. The van der Waals surface area contributed by atoms with E-state index in [4.69, 9.17) is 10.00 Å². The highest BCUT2D eigenvalue weighted by Gasteiger charge is 2.20. The molecule has 0 fully saturated rings. The number of rotatable bonds is 2. The van der Waals surface area contributed by atoms with Crippen molar-refractivity contribution in [1.82, 2.24) is 9.97 Å². The largest absolute Gasteiger partial charge is 0.424 e. The summed E-state index contributed by atoms with van der Waals surface area (Å²) in [6.07, 6.45) is 1.52. The van der Waals surface area contributed by atoms with Crippen molar-refractivity contribution in [2.45, 2.75) is 33.1 Å². The monoisotopic (exact) mass is 267 g/mol. The minimum absolute atomic E-state index is 0.0474. The molecule has 1 aromatic carbocycles. The summed E-state index contributed by atoms with van der Waals surface area (Å²) in [7, 11) is 0. The van der Waals surface area contributed by atoms with Crippen molar-refractivity contribution in [3.63, 3.8) is 0 Å². The lowest BCUT2D eigenvalue weighted by Gasteiger charge is -2.22. The summed E-state index contributed by atoms with van der Waals surface area (Å²) in [4.78, 5) is 8.08. The van der Waals surface area contributed by atoms with Crippen LogP contribution in [0.15, 0.2) is 30.5 Å². The first kappa shape index (κ1) is 14.0. The van der Waals surface area contributed by atoms with Gasteiger partial charge in [0.15, 0.2) is 0 Å². The van der Waals surface area contributed by atoms with Crippen molar-refractivity contribution < 1.29 is 4.74 Å². The SMILES string of the molecule is Cc1ccc(Oc2nccc(C#N)n2)c(C(C)(C)C)c1. The molecule has 2 aromatic rings. The van der Waals surface area contributed by atoms with Crippen LogP contribution in [0, 0.1) is 18.3 Å². The highest BCUT2D eigenvalue weighted by molar-refractivity contribution is 5.42. The van der Waals surface area contributed by atoms with Gasteiger partial charge in [-0.1, -0.05) is 38.5 Å². The van der Waals surface area contributed by atoms with Crippen LogP contribution in [0.3, 0.4) is 0 Å². The molecule has 0 amide bonds. The van der Waals surface area contributed by atoms with E-state index in [1.165, 1.54) is 11.8 Å². The summed E-state index contributed by atoms with van der Waals surface area (Å²) in [6.45, 7) is 8.43. The van der Waals surface area contributed by atoms with Gasteiger partial charge in [0.1, 0.15) is 17.5 Å². The van der Waals surface area contributed by atoms with Crippen molar-refractivity contribution in [3.8, 4) is 17.8 Å². The van der Waals surface area contributed by atoms with Gasteiger partial charge in [0.05, 0.1) is 0 Å². The Morgan fingerprint density at radius 2 is 1.95 bits per heavy atom. The fourth-order valence-electron chi connectivity index (χ4n) is 1.87. The second kappa shape index (κ2) is 5.30. The first-order chi connectivity index (χ1) is 9.40.